The van der Waals surface area contributed by atoms with Crippen LogP contribution < -0.4 is 0 Å². The number of pyridine rings is 1. The molecule has 2 unspecified atom stereocenters. The van der Waals surface area contributed by atoms with Gasteiger partial charge in [-0.1, -0.05) is 24.6 Å². The second-order valence-electron chi connectivity index (χ2n) is 7.43. The van der Waals surface area contributed by atoms with Crippen LogP contribution in [0.2, 0.25) is 5.02 Å². The maximum absolute atomic E-state index is 11.5. The highest BCUT2D eigenvalue weighted by Gasteiger charge is 2.49. The second-order valence-corrected chi connectivity index (χ2v) is 7.86. The average Bonchev–Trinajstić information content (AvgIpc) is 3.23. The Morgan fingerprint density at radius 3 is 2.77 bits per heavy atom. The van der Waals surface area contributed by atoms with Gasteiger partial charge in [-0.2, -0.15) is 5.10 Å². The van der Waals surface area contributed by atoms with Gasteiger partial charge in [0.05, 0.1) is 23.5 Å². The molecule has 0 aromatic carbocycles. The summed E-state index contributed by atoms with van der Waals surface area (Å²) in [6, 6.07) is 3.87. The Bertz CT molecular complexity index is 803. The lowest BCUT2D eigenvalue weighted by atomic mass is 9.99. The van der Waals surface area contributed by atoms with Crippen molar-refractivity contribution in [2.24, 2.45) is 5.41 Å². The summed E-state index contributed by atoms with van der Waals surface area (Å²) in [5, 5.41) is 14.1. The van der Waals surface area contributed by atoms with E-state index in [1.165, 1.54) is 0 Å². The summed E-state index contributed by atoms with van der Waals surface area (Å²) in [5.74, 6) is -0.206. The second kappa shape index (κ2) is 6.64. The van der Waals surface area contributed by atoms with Crippen LogP contribution in [0, 0.1) is 5.41 Å². The molecule has 1 N–H and O–H groups in total. The zero-order chi connectivity index (χ0) is 18.3. The molecule has 0 radical (unpaired) electrons. The number of morpholine rings is 1. The molecule has 2 fully saturated rings. The highest BCUT2D eigenvalue weighted by molar-refractivity contribution is 6.30. The first-order valence-corrected chi connectivity index (χ1v) is 9.07. The number of aromatic nitrogens is 3. The first kappa shape index (κ1) is 17.5. The van der Waals surface area contributed by atoms with Gasteiger partial charge >= 0.3 is 5.97 Å². The molecule has 2 aromatic rings. The molecule has 1 saturated carbocycles. The SMILES string of the molecule is CC1(C2CN(Cc3ccc(-n4cc(Cl)cn4)nc3)CC(C(=O)O)O2)CC1. The number of carboxylic acids is 1. The topological polar surface area (TPSA) is 80.5 Å². The van der Waals surface area contributed by atoms with E-state index in [0.717, 1.165) is 24.9 Å². The van der Waals surface area contributed by atoms with Crippen molar-refractivity contribution in [3.63, 3.8) is 0 Å². The van der Waals surface area contributed by atoms with Crippen molar-refractivity contribution >= 4 is 17.6 Å². The molecule has 0 spiro atoms. The third kappa shape index (κ3) is 3.60. The smallest absolute Gasteiger partial charge is 0.334 e. The van der Waals surface area contributed by atoms with Crippen LogP contribution in [0.1, 0.15) is 25.3 Å². The molecular weight excluding hydrogens is 356 g/mol. The van der Waals surface area contributed by atoms with Gasteiger partial charge in [0, 0.05) is 25.8 Å². The van der Waals surface area contributed by atoms with Gasteiger partial charge in [0.2, 0.25) is 0 Å². The van der Waals surface area contributed by atoms with Crippen LogP contribution in [0.5, 0.6) is 0 Å². The minimum Gasteiger partial charge on any atom is -0.479 e. The molecule has 1 aliphatic carbocycles. The summed E-state index contributed by atoms with van der Waals surface area (Å²) in [7, 11) is 0. The zero-order valence-electron chi connectivity index (χ0n) is 14.5. The van der Waals surface area contributed by atoms with Gasteiger partial charge in [-0.05, 0) is 29.9 Å². The van der Waals surface area contributed by atoms with Gasteiger partial charge in [0.25, 0.3) is 0 Å². The molecule has 138 valence electrons. The van der Waals surface area contributed by atoms with E-state index >= 15 is 0 Å². The normalized spacial score (nSPS) is 25.2. The molecule has 8 heteroatoms. The Labute approximate surface area is 156 Å². The number of ether oxygens (including phenoxy) is 1. The van der Waals surface area contributed by atoms with Crippen molar-refractivity contribution in [1.29, 1.82) is 0 Å². The Morgan fingerprint density at radius 2 is 2.19 bits per heavy atom. The van der Waals surface area contributed by atoms with Crippen molar-refractivity contribution in [2.45, 2.75) is 38.5 Å². The monoisotopic (exact) mass is 376 g/mol. The van der Waals surface area contributed by atoms with Crippen LogP contribution in [0.25, 0.3) is 5.82 Å². The lowest BCUT2D eigenvalue weighted by Gasteiger charge is -2.39. The fourth-order valence-electron chi connectivity index (χ4n) is 3.33. The van der Waals surface area contributed by atoms with Crippen LogP contribution in [-0.2, 0) is 16.1 Å². The summed E-state index contributed by atoms with van der Waals surface area (Å²) < 4.78 is 7.46. The number of carboxylic acid groups (broad SMARTS) is 1. The maximum Gasteiger partial charge on any atom is 0.334 e. The number of carbonyl (C=O) groups is 1. The van der Waals surface area contributed by atoms with Crippen molar-refractivity contribution in [1.82, 2.24) is 19.7 Å². The summed E-state index contributed by atoms with van der Waals surface area (Å²) in [4.78, 5) is 18.0. The summed E-state index contributed by atoms with van der Waals surface area (Å²) >= 11 is 5.89. The molecule has 0 bridgehead atoms. The third-order valence-corrected chi connectivity index (χ3v) is 5.46. The van der Waals surface area contributed by atoms with Crippen LogP contribution >= 0.6 is 11.6 Å². The van der Waals surface area contributed by atoms with Gasteiger partial charge < -0.3 is 9.84 Å². The van der Waals surface area contributed by atoms with Crippen molar-refractivity contribution in [2.75, 3.05) is 13.1 Å². The molecule has 4 rings (SSSR count). The predicted molar refractivity (Wildman–Crippen MR) is 95.3 cm³/mol. The number of halogens is 1. The van der Waals surface area contributed by atoms with Gasteiger partial charge in [-0.3, -0.25) is 4.90 Å². The Balaban J connectivity index is 1.46. The molecule has 3 heterocycles. The van der Waals surface area contributed by atoms with Crippen LogP contribution in [0.15, 0.2) is 30.7 Å². The van der Waals surface area contributed by atoms with Crippen LogP contribution in [0.4, 0.5) is 0 Å². The highest BCUT2D eigenvalue weighted by atomic mass is 35.5. The lowest BCUT2D eigenvalue weighted by molar-refractivity contribution is -0.170. The first-order valence-electron chi connectivity index (χ1n) is 8.69. The molecule has 7 nitrogen and oxygen atoms in total. The van der Waals surface area contributed by atoms with E-state index in [4.69, 9.17) is 16.3 Å². The van der Waals surface area contributed by atoms with E-state index in [9.17, 15) is 9.90 Å². The van der Waals surface area contributed by atoms with Crippen molar-refractivity contribution in [3.05, 3.63) is 41.3 Å². The minimum atomic E-state index is -0.895. The Morgan fingerprint density at radius 1 is 1.38 bits per heavy atom. The molecule has 26 heavy (non-hydrogen) atoms. The fraction of sp³-hybridized carbons (Fsp3) is 0.500. The van der Waals surface area contributed by atoms with E-state index < -0.39 is 12.1 Å². The molecule has 2 aliphatic rings. The van der Waals surface area contributed by atoms with Gasteiger partial charge in [0.15, 0.2) is 11.9 Å². The largest absolute Gasteiger partial charge is 0.479 e. The molecule has 1 aliphatic heterocycles. The number of rotatable bonds is 5. The lowest BCUT2D eigenvalue weighted by Crippen LogP contribution is -2.52. The van der Waals surface area contributed by atoms with E-state index in [2.05, 4.69) is 21.9 Å². The van der Waals surface area contributed by atoms with Gasteiger partial charge in [-0.25, -0.2) is 14.5 Å². The Kier molecular flexibility index (Phi) is 4.46. The van der Waals surface area contributed by atoms with E-state index in [1.807, 2.05) is 12.1 Å². The fourth-order valence-corrected chi connectivity index (χ4v) is 3.46. The number of hydrogen-bond acceptors (Lipinski definition) is 5. The molecular formula is C18H21ClN4O3. The summed E-state index contributed by atoms with van der Waals surface area (Å²) in [6.45, 7) is 3.95. The van der Waals surface area contributed by atoms with Crippen LogP contribution in [-0.4, -0.2) is 56.0 Å². The first-order chi connectivity index (χ1) is 12.4. The van der Waals surface area contributed by atoms with Gasteiger partial charge in [-0.15, -0.1) is 0 Å². The summed E-state index contributed by atoms with van der Waals surface area (Å²) in [6.07, 6.45) is 6.45. The Hall–Kier alpha value is -1.96. The number of hydrogen-bond donors (Lipinski definition) is 1. The molecule has 2 atom stereocenters. The third-order valence-electron chi connectivity index (χ3n) is 5.27. The number of aliphatic carboxylic acids is 1. The average molecular weight is 377 g/mol. The van der Waals surface area contributed by atoms with Crippen molar-refractivity contribution < 1.29 is 14.6 Å². The molecule has 1 saturated heterocycles. The minimum absolute atomic E-state index is 0.0317. The molecule has 0 amide bonds. The van der Waals surface area contributed by atoms with E-state index in [0.29, 0.717) is 23.9 Å². The van der Waals surface area contributed by atoms with Crippen molar-refractivity contribution in [3.8, 4) is 5.82 Å². The van der Waals surface area contributed by atoms with E-state index in [1.54, 1.807) is 23.3 Å². The van der Waals surface area contributed by atoms with Gasteiger partial charge in [0.1, 0.15) is 0 Å². The standard InChI is InChI=1S/C18H21ClN4O3/c1-18(4-5-18)15-11-22(10-14(26-15)17(24)25)8-12-2-3-16(20-6-12)23-9-13(19)7-21-23/h2-3,6-7,9,14-15H,4-5,8,10-11H2,1H3,(H,24,25). The zero-order valence-corrected chi connectivity index (χ0v) is 15.3. The maximum atomic E-state index is 11.5. The van der Waals surface area contributed by atoms with E-state index in [-0.39, 0.29) is 11.5 Å². The van der Waals surface area contributed by atoms with Crippen LogP contribution in [0.3, 0.4) is 0 Å². The number of nitrogens with zero attached hydrogens (tertiary/aromatic N) is 4. The predicted octanol–water partition coefficient (Wildman–Crippen LogP) is 2.37. The summed E-state index contributed by atoms with van der Waals surface area (Å²) in [5.41, 5.74) is 1.14. The highest BCUT2D eigenvalue weighted by Crippen LogP contribution is 2.50. The molecule has 2 aromatic heterocycles. The quantitative estimate of drug-likeness (QED) is 0.862.